The Hall–Kier alpha value is -3.41. The molecule has 1 aromatic heterocycles. The van der Waals surface area contributed by atoms with E-state index in [0.29, 0.717) is 23.3 Å². The number of nitrogens with zero attached hydrogens (tertiary/aromatic N) is 1. The fourth-order valence-corrected chi connectivity index (χ4v) is 2.69. The Balaban J connectivity index is 2.37. The van der Waals surface area contributed by atoms with Crippen LogP contribution >= 0.6 is 0 Å². The summed E-state index contributed by atoms with van der Waals surface area (Å²) in [4.78, 5) is 23.5. The van der Waals surface area contributed by atoms with Gasteiger partial charge < -0.3 is 9.15 Å². The van der Waals surface area contributed by atoms with Gasteiger partial charge in [0.15, 0.2) is 0 Å². The maximum atomic E-state index is 12.7. The van der Waals surface area contributed by atoms with Crippen molar-refractivity contribution in [3.63, 3.8) is 0 Å². The molecule has 0 fully saturated rings. The highest BCUT2D eigenvalue weighted by Gasteiger charge is 2.26. The number of methoxy groups -OCH3 is 1. The molecular formula is C19H15NO5. The molecule has 0 N–H and O–H groups in total. The molecule has 0 bridgehead atoms. The molecule has 3 rings (SSSR count). The van der Waals surface area contributed by atoms with E-state index in [0.717, 1.165) is 5.56 Å². The summed E-state index contributed by atoms with van der Waals surface area (Å²) in [6.45, 7) is 3.69. The van der Waals surface area contributed by atoms with E-state index in [-0.39, 0.29) is 11.1 Å². The van der Waals surface area contributed by atoms with Crippen LogP contribution in [0.25, 0.3) is 22.3 Å². The summed E-state index contributed by atoms with van der Waals surface area (Å²) >= 11 is 0. The smallest absolute Gasteiger partial charge is 0.359 e. The zero-order chi connectivity index (χ0) is 18.0. The number of ether oxygens (including phenoxy) is 1. The third kappa shape index (κ3) is 2.89. The molecule has 6 nitrogen and oxygen atoms in total. The van der Waals surface area contributed by atoms with Crippen LogP contribution in [-0.4, -0.2) is 12.0 Å². The third-order valence-corrected chi connectivity index (χ3v) is 3.87. The first-order chi connectivity index (χ1) is 12.1. The molecule has 2 aromatic carbocycles. The molecule has 0 aliphatic carbocycles. The summed E-state index contributed by atoms with van der Waals surface area (Å²) in [6, 6.07) is 11.5. The number of benzene rings is 2. The number of rotatable bonds is 5. The van der Waals surface area contributed by atoms with Crippen molar-refractivity contribution < 1.29 is 14.1 Å². The molecule has 0 radical (unpaired) electrons. The van der Waals surface area contributed by atoms with Gasteiger partial charge in [-0.3, -0.25) is 14.9 Å². The van der Waals surface area contributed by atoms with Gasteiger partial charge in [0, 0.05) is 5.56 Å². The molecule has 0 aliphatic rings. The van der Waals surface area contributed by atoms with Crippen molar-refractivity contribution in [3.05, 3.63) is 81.0 Å². The van der Waals surface area contributed by atoms with Crippen molar-refractivity contribution >= 4 is 16.7 Å². The van der Waals surface area contributed by atoms with E-state index in [9.17, 15) is 14.9 Å². The van der Waals surface area contributed by atoms with E-state index < -0.39 is 16.0 Å². The van der Waals surface area contributed by atoms with Gasteiger partial charge in [-0.15, -0.1) is 6.58 Å². The van der Waals surface area contributed by atoms with Gasteiger partial charge in [-0.25, -0.2) is 0 Å². The maximum absolute atomic E-state index is 12.7. The normalized spacial score (nSPS) is 10.6. The van der Waals surface area contributed by atoms with Crippen LogP contribution in [0.15, 0.2) is 64.3 Å². The van der Waals surface area contributed by atoms with Crippen molar-refractivity contribution in [2.75, 3.05) is 7.11 Å². The predicted octanol–water partition coefficient (Wildman–Crippen LogP) is 4.11. The van der Waals surface area contributed by atoms with Crippen LogP contribution in [0.1, 0.15) is 5.56 Å². The van der Waals surface area contributed by atoms with Gasteiger partial charge in [-0.1, -0.05) is 18.2 Å². The van der Waals surface area contributed by atoms with Gasteiger partial charge in [0.05, 0.1) is 17.4 Å². The second-order valence-electron chi connectivity index (χ2n) is 5.38. The van der Waals surface area contributed by atoms with Crippen LogP contribution in [-0.2, 0) is 6.42 Å². The second kappa shape index (κ2) is 6.60. The molecule has 0 spiro atoms. The average molecular weight is 337 g/mol. The number of hydrogen-bond acceptors (Lipinski definition) is 5. The van der Waals surface area contributed by atoms with Gasteiger partial charge in [0.25, 0.3) is 5.43 Å². The van der Waals surface area contributed by atoms with Crippen LogP contribution < -0.4 is 10.2 Å². The molecule has 25 heavy (non-hydrogen) atoms. The van der Waals surface area contributed by atoms with E-state index in [4.69, 9.17) is 9.15 Å². The molecule has 6 heteroatoms. The zero-order valence-corrected chi connectivity index (χ0v) is 13.5. The molecule has 0 amide bonds. The van der Waals surface area contributed by atoms with E-state index in [1.54, 1.807) is 42.5 Å². The summed E-state index contributed by atoms with van der Waals surface area (Å²) in [5.41, 5.74) is 0.273. The number of allylic oxidation sites excluding steroid dienone is 1. The van der Waals surface area contributed by atoms with Crippen LogP contribution in [0.3, 0.4) is 0 Å². The predicted molar refractivity (Wildman–Crippen MR) is 95.0 cm³/mol. The van der Waals surface area contributed by atoms with Crippen molar-refractivity contribution in [2.24, 2.45) is 0 Å². The quantitative estimate of drug-likeness (QED) is 0.397. The lowest BCUT2D eigenvalue weighted by Crippen LogP contribution is -2.10. The lowest BCUT2D eigenvalue weighted by molar-refractivity contribution is -0.386. The van der Waals surface area contributed by atoms with Crippen LogP contribution in [0.2, 0.25) is 0 Å². The molecule has 126 valence electrons. The lowest BCUT2D eigenvalue weighted by atomic mass is 10.0. The highest BCUT2D eigenvalue weighted by atomic mass is 16.6. The van der Waals surface area contributed by atoms with Crippen LogP contribution in [0.5, 0.6) is 5.75 Å². The minimum atomic E-state index is -0.703. The standard InChI is InChI=1S/C19H15NO5/c1-3-5-12-6-4-7-15-17(21)16(20(22)23)19(25-18(12)15)13-8-10-14(24-2)11-9-13/h3-4,6-11H,1,5H2,2H3. The Morgan fingerprint density at radius 1 is 1.24 bits per heavy atom. The van der Waals surface area contributed by atoms with Gasteiger partial charge in [-0.05, 0) is 42.3 Å². The van der Waals surface area contributed by atoms with Crippen LogP contribution in [0, 0.1) is 10.1 Å². The SMILES string of the molecule is C=CCc1cccc2c(=O)c([N+](=O)[O-])c(-c3ccc(OC)cc3)oc12. The first-order valence-electron chi connectivity index (χ1n) is 7.55. The number of para-hydroxylation sites is 1. The van der Waals surface area contributed by atoms with Crippen molar-refractivity contribution in [2.45, 2.75) is 6.42 Å². The Kier molecular flexibility index (Phi) is 4.35. The summed E-state index contributed by atoms with van der Waals surface area (Å²) in [5.74, 6) is 0.531. The highest BCUT2D eigenvalue weighted by molar-refractivity contribution is 5.86. The molecule has 0 atom stereocenters. The average Bonchev–Trinajstić information content (AvgIpc) is 2.62. The summed E-state index contributed by atoms with van der Waals surface area (Å²) < 4.78 is 10.9. The number of hydrogen-bond donors (Lipinski definition) is 0. The Morgan fingerprint density at radius 3 is 2.56 bits per heavy atom. The fourth-order valence-electron chi connectivity index (χ4n) is 2.69. The van der Waals surface area contributed by atoms with Crippen molar-refractivity contribution in [3.8, 4) is 17.1 Å². The largest absolute Gasteiger partial charge is 0.497 e. The van der Waals surface area contributed by atoms with Gasteiger partial charge in [0.2, 0.25) is 5.76 Å². The summed E-state index contributed by atoms with van der Waals surface area (Å²) in [5, 5.41) is 11.7. The summed E-state index contributed by atoms with van der Waals surface area (Å²) in [7, 11) is 1.52. The topological polar surface area (TPSA) is 82.6 Å². The van der Waals surface area contributed by atoms with E-state index in [1.807, 2.05) is 0 Å². The first-order valence-corrected chi connectivity index (χ1v) is 7.55. The molecule has 0 saturated heterocycles. The zero-order valence-electron chi connectivity index (χ0n) is 13.5. The lowest BCUT2D eigenvalue weighted by Gasteiger charge is -2.08. The van der Waals surface area contributed by atoms with E-state index in [1.165, 1.54) is 13.2 Å². The molecule has 1 heterocycles. The molecule has 0 saturated carbocycles. The molecule has 0 unspecified atom stereocenters. The molecular weight excluding hydrogens is 322 g/mol. The Labute approximate surface area is 143 Å². The first kappa shape index (κ1) is 16.4. The number of fused-ring (bicyclic) bond motifs is 1. The maximum Gasteiger partial charge on any atom is 0.359 e. The molecule has 3 aromatic rings. The van der Waals surface area contributed by atoms with Crippen molar-refractivity contribution in [1.82, 2.24) is 0 Å². The second-order valence-corrected chi connectivity index (χ2v) is 5.38. The highest BCUT2D eigenvalue weighted by Crippen LogP contribution is 2.32. The monoisotopic (exact) mass is 337 g/mol. The summed E-state index contributed by atoms with van der Waals surface area (Å²) in [6.07, 6.45) is 2.17. The fraction of sp³-hybridized carbons (Fsp3) is 0.105. The van der Waals surface area contributed by atoms with E-state index >= 15 is 0 Å². The van der Waals surface area contributed by atoms with Gasteiger partial charge in [0.1, 0.15) is 11.3 Å². The minimum Gasteiger partial charge on any atom is -0.497 e. The molecule has 0 aliphatic heterocycles. The Bertz CT molecular complexity index is 1020. The minimum absolute atomic E-state index is 0.0679. The van der Waals surface area contributed by atoms with Crippen molar-refractivity contribution in [1.29, 1.82) is 0 Å². The van der Waals surface area contributed by atoms with E-state index in [2.05, 4.69) is 6.58 Å². The van der Waals surface area contributed by atoms with Gasteiger partial charge >= 0.3 is 5.69 Å². The number of nitro groups is 1. The Morgan fingerprint density at radius 2 is 1.96 bits per heavy atom. The third-order valence-electron chi connectivity index (χ3n) is 3.87. The van der Waals surface area contributed by atoms with Crippen LogP contribution in [0.4, 0.5) is 5.69 Å². The van der Waals surface area contributed by atoms with Gasteiger partial charge in [-0.2, -0.15) is 0 Å².